The Morgan fingerprint density at radius 1 is 1.22 bits per heavy atom. The number of carbonyl (C=O) groups is 1. The summed E-state index contributed by atoms with van der Waals surface area (Å²) in [4.78, 5) is 12.2. The molecule has 98 valence electrons. The van der Waals surface area contributed by atoms with Gasteiger partial charge in [-0.1, -0.05) is 43.4 Å². The predicted octanol–water partition coefficient (Wildman–Crippen LogP) is 4.56. The molecule has 3 heteroatoms. The number of hydrogen-bond acceptors (Lipinski definition) is 1. The Bertz CT molecular complexity index is 423. The third-order valence-corrected chi connectivity index (χ3v) is 4.04. The fourth-order valence-electron chi connectivity index (χ4n) is 2.60. The van der Waals surface area contributed by atoms with Crippen LogP contribution in [-0.2, 0) is 11.2 Å². The topological polar surface area (TPSA) is 17.1 Å². The zero-order valence-electron chi connectivity index (χ0n) is 10.4. The SMILES string of the molecule is O=C(Cc1ccc(F)cc1Cl)C1CCCCCC1. The van der Waals surface area contributed by atoms with E-state index in [0.717, 1.165) is 31.2 Å². The summed E-state index contributed by atoms with van der Waals surface area (Å²) in [6.07, 6.45) is 7.10. The van der Waals surface area contributed by atoms with Gasteiger partial charge < -0.3 is 0 Å². The molecule has 0 amide bonds. The minimum absolute atomic E-state index is 0.175. The van der Waals surface area contributed by atoms with Crippen molar-refractivity contribution in [3.63, 3.8) is 0 Å². The quantitative estimate of drug-likeness (QED) is 0.735. The van der Waals surface area contributed by atoms with E-state index in [-0.39, 0.29) is 17.5 Å². The van der Waals surface area contributed by atoms with E-state index in [1.54, 1.807) is 6.07 Å². The van der Waals surface area contributed by atoms with Gasteiger partial charge in [-0.25, -0.2) is 4.39 Å². The van der Waals surface area contributed by atoms with Crippen LogP contribution in [0.2, 0.25) is 5.02 Å². The minimum Gasteiger partial charge on any atom is -0.299 e. The molecule has 0 aliphatic heterocycles. The van der Waals surface area contributed by atoms with Crippen molar-refractivity contribution in [3.8, 4) is 0 Å². The molecular weight excluding hydrogens is 251 g/mol. The van der Waals surface area contributed by atoms with E-state index in [1.807, 2.05) is 0 Å². The standard InChI is InChI=1S/C15H18ClFO/c16-14-10-13(17)8-7-12(14)9-15(18)11-5-3-1-2-4-6-11/h7-8,10-11H,1-6,9H2. The van der Waals surface area contributed by atoms with Crippen LogP contribution >= 0.6 is 11.6 Å². The number of rotatable bonds is 3. The van der Waals surface area contributed by atoms with Crippen molar-refractivity contribution in [1.82, 2.24) is 0 Å². The average molecular weight is 269 g/mol. The van der Waals surface area contributed by atoms with Gasteiger partial charge in [0.1, 0.15) is 11.6 Å². The largest absolute Gasteiger partial charge is 0.299 e. The molecule has 1 aliphatic rings. The Balaban J connectivity index is 2.01. The third kappa shape index (κ3) is 3.55. The number of Topliss-reactive ketones (excluding diaryl/α,β-unsaturated/α-hetero) is 1. The second-order valence-corrected chi connectivity index (χ2v) is 5.47. The molecule has 0 spiro atoms. The zero-order valence-corrected chi connectivity index (χ0v) is 11.2. The molecule has 1 saturated carbocycles. The van der Waals surface area contributed by atoms with Gasteiger partial charge in [0, 0.05) is 17.4 Å². The van der Waals surface area contributed by atoms with Gasteiger partial charge in [0.2, 0.25) is 0 Å². The van der Waals surface area contributed by atoms with Crippen molar-refractivity contribution < 1.29 is 9.18 Å². The summed E-state index contributed by atoms with van der Waals surface area (Å²) < 4.78 is 12.9. The molecule has 0 aromatic heterocycles. The van der Waals surface area contributed by atoms with Crippen molar-refractivity contribution in [3.05, 3.63) is 34.6 Å². The lowest BCUT2D eigenvalue weighted by atomic mass is 9.91. The first-order valence-corrected chi connectivity index (χ1v) is 7.01. The second kappa shape index (κ2) is 6.33. The highest BCUT2D eigenvalue weighted by Crippen LogP contribution is 2.26. The average Bonchev–Trinajstić information content (AvgIpc) is 2.61. The minimum atomic E-state index is -0.356. The van der Waals surface area contributed by atoms with Gasteiger partial charge >= 0.3 is 0 Å². The maximum absolute atomic E-state index is 12.9. The molecule has 0 saturated heterocycles. The summed E-state index contributed by atoms with van der Waals surface area (Å²) >= 11 is 5.95. The summed E-state index contributed by atoms with van der Waals surface area (Å²) in [5.74, 6) is 0.0738. The van der Waals surface area contributed by atoms with Gasteiger partial charge in [-0.05, 0) is 30.5 Å². The fourth-order valence-corrected chi connectivity index (χ4v) is 2.83. The maximum atomic E-state index is 12.9. The van der Waals surface area contributed by atoms with E-state index >= 15 is 0 Å². The van der Waals surface area contributed by atoms with Gasteiger partial charge in [0.15, 0.2) is 0 Å². The first-order valence-electron chi connectivity index (χ1n) is 6.63. The predicted molar refractivity (Wildman–Crippen MR) is 71.3 cm³/mol. The van der Waals surface area contributed by atoms with E-state index in [4.69, 9.17) is 11.6 Å². The van der Waals surface area contributed by atoms with E-state index < -0.39 is 0 Å². The van der Waals surface area contributed by atoms with Crippen molar-refractivity contribution in [2.24, 2.45) is 5.92 Å². The molecule has 1 nitrogen and oxygen atoms in total. The van der Waals surface area contributed by atoms with Crippen LogP contribution in [0.4, 0.5) is 4.39 Å². The molecular formula is C15H18ClFO. The van der Waals surface area contributed by atoms with Crippen molar-refractivity contribution in [2.75, 3.05) is 0 Å². The third-order valence-electron chi connectivity index (χ3n) is 3.69. The molecule has 0 heterocycles. The smallest absolute Gasteiger partial charge is 0.140 e. The van der Waals surface area contributed by atoms with Gasteiger partial charge in [-0.15, -0.1) is 0 Å². The van der Waals surface area contributed by atoms with Crippen LogP contribution in [0.1, 0.15) is 44.1 Å². The summed E-state index contributed by atoms with van der Waals surface area (Å²) in [7, 11) is 0. The van der Waals surface area contributed by atoms with Gasteiger partial charge in [-0.2, -0.15) is 0 Å². The Kier molecular flexibility index (Phi) is 4.76. The van der Waals surface area contributed by atoms with Crippen LogP contribution in [0.3, 0.4) is 0 Å². The highest BCUT2D eigenvalue weighted by molar-refractivity contribution is 6.31. The number of benzene rings is 1. The van der Waals surface area contributed by atoms with Crippen LogP contribution in [0, 0.1) is 11.7 Å². The van der Waals surface area contributed by atoms with Gasteiger partial charge in [0.25, 0.3) is 0 Å². The monoisotopic (exact) mass is 268 g/mol. The van der Waals surface area contributed by atoms with Crippen molar-refractivity contribution >= 4 is 17.4 Å². The lowest BCUT2D eigenvalue weighted by molar-refractivity contribution is -0.122. The molecule has 0 unspecified atom stereocenters. The second-order valence-electron chi connectivity index (χ2n) is 5.07. The Morgan fingerprint density at radius 2 is 1.89 bits per heavy atom. The Labute approximate surface area is 112 Å². The fraction of sp³-hybridized carbons (Fsp3) is 0.533. The molecule has 1 aromatic carbocycles. The van der Waals surface area contributed by atoms with Gasteiger partial charge in [-0.3, -0.25) is 4.79 Å². The van der Waals surface area contributed by atoms with Crippen LogP contribution < -0.4 is 0 Å². The van der Waals surface area contributed by atoms with E-state index in [9.17, 15) is 9.18 Å². The van der Waals surface area contributed by atoms with E-state index in [2.05, 4.69) is 0 Å². The maximum Gasteiger partial charge on any atom is 0.140 e. The summed E-state index contributed by atoms with van der Waals surface area (Å²) in [6, 6.07) is 4.26. The summed E-state index contributed by atoms with van der Waals surface area (Å²) in [5, 5.41) is 0.358. The highest BCUT2D eigenvalue weighted by atomic mass is 35.5. The highest BCUT2D eigenvalue weighted by Gasteiger charge is 2.20. The Hall–Kier alpha value is -0.890. The molecule has 1 aliphatic carbocycles. The summed E-state index contributed by atoms with van der Waals surface area (Å²) in [5.41, 5.74) is 0.743. The van der Waals surface area contributed by atoms with Crippen LogP contribution in [0.5, 0.6) is 0 Å². The molecule has 0 bridgehead atoms. The lowest BCUT2D eigenvalue weighted by Gasteiger charge is -2.13. The first kappa shape index (κ1) is 13.5. The van der Waals surface area contributed by atoms with E-state index in [1.165, 1.54) is 25.0 Å². The molecule has 1 aromatic rings. The molecule has 1 fully saturated rings. The first-order chi connectivity index (χ1) is 8.66. The van der Waals surface area contributed by atoms with Crippen molar-refractivity contribution in [2.45, 2.75) is 44.9 Å². The summed E-state index contributed by atoms with van der Waals surface area (Å²) in [6.45, 7) is 0. The van der Waals surface area contributed by atoms with Crippen LogP contribution in [0.15, 0.2) is 18.2 Å². The van der Waals surface area contributed by atoms with E-state index in [0.29, 0.717) is 11.4 Å². The molecule has 0 radical (unpaired) electrons. The van der Waals surface area contributed by atoms with Crippen LogP contribution in [-0.4, -0.2) is 5.78 Å². The number of hydrogen-bond donors (Lipinski definition) is 0. The molecule has 0 N–H and O–H groups in total. The normalized spacial score (nSPS) is 17.4. The number of carbonyl (C=O) groups excluding carboxylic acids is 1. The van der Waals surface area contributed by atoms with Crippen LogP contribution in [0.25, 0.3) is 0 Å². The zero-order chi connectivity index (χ0) is 13.0. The lowest BCUT2D eigenvalue weighted by Crippen LogP contribution is -2.16. The number of ketones is 1. The molecule has 18 heavy (non-hydrogen) atoms. The molecule has 2 rings (SSSR count). The Morgan fingerprint density at radius 3 is 2.50 bits per heavy atom. The van der Waals surface area contributed by atoms with Gasteiger partial charge in [0.05, 0.1) is 0 Å². The molecule has 0 atom stereocenters. The van der Waals surface area contributed by atoms with Crippen molar-refractivity contribution in [1.29, 1.82) is 0 Å². The number of halogens is 2.